The third-order valence-corrected chi connectivity index (χ3v) is 2.76. The summed E-state index contributed by atoms with van der Waals surface area (Å²) >= 11 is 0. The molecule has 4 heteroatoms. The van der Waals surface area contributed by atoms with Gasteiger partial charge in [0.1, 0.15) is 5.54 Å². The summed E-state index contributed by atoms with van der Waals surface area (Å²) in [5.74, 6) is -0.766. The molecule has 4 nitrogen and oxygen atoms in total. The molecule has 2 atom stereocenters. The normalized spacial score (nSPS) is 33.5. The number of hydrogen-bond donors (Lipinski definition) is 2. The van der Waals surface area contributed by atoms with Gasteiger partial charge < -0.3 is 15.2 Å². The smallest absolute Gasteiger partial charge is 0.323 e. The zero-order valence-electron chi connectivity index (χ0n) is 8.17. The molecule has 0 amide bonds. The van der Waals surface area contributed by atoms with Crippen LogP contribution in [0.1, 0.15) is 26.2 Å². The number of hydrogen-bond acceptors (Lipinski definition) is 3. The molecule has 13 heavy (non-hydrogen) atoms. The van der Waals surface area contributed by atoms with Crippen LogP contribution in [-0.4, -0.2) is 36.4 Å². The number of rotatable bonds is 4. The maximum absolute atomic E-state index is 11.0. The van der Waals surface area contributed by atoms with Gasteiger partial charge in [0.25, 0.3) is 0 Å². The van der Waals surface area contributed by atoms with Crippen LogP contribution in [0.3, 0.4) is 0 Å². The molecular weight excluding hydrogens is 170 g/mol. The van der Waals surface area contributed by atoms with Crippen LogP contribution in [0.2, 0.25) is 0 Å². The largest absolute Gasteiger partial charge is 0.480 e. The SMILES string of the molecule is CCOC1CCC(NC)(C(=O)O)C1. The van der Waals surface area contributed by atoms with Crippen molar-refractivity contribution in [1.82, 2.24) is 5.32 Å². The molecule has 1 aliphatic rings. The second-order valence-electron chi connectivity index (χ2n) is 3.46. The van der Waals surface area contributed by atoms with Gasteiger partial charge in [0.15, 0.2) is 0 Å². The van der Waals surface area contributed by atoms with Crippen LogP contribution in [0.5, 0.6) is 0 Å². The molecule has 0 saturated heterocycles. The Kier molecular flexibility index (Phi) is 3.27. The molecule has 0 heterocycles. The standard InChI is InChI=1S/C9H17NO3/c1-3-13-7-4-5-9(6-7,10-2)8(11)12/h7,10H,3-6H2,1-2H3,(H,11,12). The van der Waals surface area contributed by atoms with E-state index >= 15 is 0 Å². The molecule has 0 aromatic heterocycles. The summed E-state index contributed by atoms with van der Waals surface area (Å²) in [5, 5.41) is 11.9. The highest BCUT2D eigenvalue weighted by molar-refractivity contribution is 5.79. The van der Waals surface area contributed by atoms with E-state index in [1.54, 1.807) is 7.05 Å². The van der Waals surface area contributed by atoms with Crippen LogP contribution < -0.4 is 5.32 Å². The highest BCUT2D eigenvalue weighted by Crippen LogP contribution is 2.31. The van der Waals surface area contributed by atoms with E-state index in [1.807, 2.05) is 6.92 Å². The molecule has 76 valence electrons. The molecular formula is C9H17NO3. The van der Waals surface area contributed by atoms with Crippen molar-refractivity contribution in [2.75, 3.05) is 13.7 Å². The Bertz CT molecular complexity index is 195. The third-order valence-electron chi connectivity index (χ3n) is 2.76. The summed E-state index contributed by atoms with van der Waals surface area (Å²) in [6, 6.07) is 0. The number of carboxylic acid groups (broad SMARTS) is 1. The zero-order valence-corrected chi connectivity index (χ0v) is 8.17. The predicted octanol–water partition coefficient (Wildman–Crippen LogP) is 0.618. The lowest BCUT2D eigenvalue weighted by molar-refractivity contribution is -0.144. The van der Waals surface area contributed by atoms with E-state index in [0.717, 1.165) is 6.42 Å². The predicted molar refractivity (Wildman–Crippen MR) is 48.7 cm³/mol. The summed E-state index contributed by atoms with van der Waals surface area (Å²) in [6.07, 6.45) is 2.17. The fourth-order valence-electron chi connectivity index (χ4n) is 1.91. The molecule has 1 fully saturated rings. The molecule has 1 aliphatic carbocycles. The number of ether oxygens (including phenoxy) is 1. The maximum atomic E-state index is 11.0. The summed E-state index contributed by atoms with van der Waals surface area (Å²) in [7, 11) is 1.70. The number of likely N-dealkylation sites (N-methyl/N-ethyl adjacent to an activating group) is 1. The molecule has 1 saturated carbocycles. The van der Waals surface area contributed by atoms with E-state index < -0.39 is 11.5 Å². The lowest BCUT2D eigenvalue weighted by atomic mass is 9.98. The van der Waals surface area contributed by atoms with Crippen LogP contribution >= 0.6 is 0 Å². The Morgan fingerprint density at radius 3 is 2.85 bits per heavy atom. The quantitative estimate of drug-likeness (QED) is 0.677. The van der Waals surface area contributed by atoms with Crippen molar-refractivity contribution in [3.05, 3.63) is 0 Å². The van der Waals surface area contributed by atoms with E-state index in [2.05, 4.69) is 5.32 Å². The third kappa shape index (κ3) is 2.00. The van der Waals surface area contributed by atoms with Gasteiger partial charge in [-0.05, 0) is 26.8 Å². The van der Waals surface area contributed by atoms with Crippen molar-refractivity contribution in [1.29, 1.82) is 0 Å². The Balaban J connectivity index is 2.58. The second kappa shape index (κ2) is 4.07. The van der Waals surface area contributed by atoms with Gasteiger partial charge in [0, 0.05) is 13.0 Å². The van der Waals surface area contributed by atoms with Crippen molar-refractivity contribution in [2.45, 2.75) is 37.8 Å². The molecule has 2 unspecified atom stereocenters. The molecule has 0 radical (unpaired) electrons. The lowest BCUT2D eigenvalue weighted by Crippen LogP contribution is -2.48. The van der Waals surface area contributed by atoms with Crippen LogP contribution in [0.4, 0.5) is 0 Å². The van der Waals surface area contributed by atoms with E-state index in [0.29, 0.717) is 19.4 Å². The number of nitrogens with one attached hydrogen (secondary N) is 1. The van der Waals surface area contributed by atoms with Crippen LogP contribution in [0.15, 0.2) is 0 Å². The highest BCUT2D eigenvalue weighted by atomic mass is 16.5. The van der Waals surface area contributed by atoms with Gasteiger partial charge in [0.2, 0.25) is 0 Å². The second-order valence-corrected chi connectivity index (χ2v) is 3.46. The van der Waals surface area contributed by atoms with Crippen LogP contribution in [0, 0.1) is 0 Å². The molecule has 0 spiro atoms. The van der Waals surface area contributed by atoms with Crippen molar-refractivity contribution < 1.29 is 14.6 Å². The molecule has 0 aromatic rings. The first-order valence-corrected chi connectivity index (χ1v) is 4.68. The molecule has 0 aliphatic heterocycles. The van der Waals surface area contributed by atoms with Crippen molar-refractivity contribution in [3.63, 3.8) is 0 Å². The van der Waals surface area contributed by atoms with Gasteiger partial charge in [-0.25, -0.2) is 0 Å². The number of carbonyl (C=O) groups is 1. The van der Waals surface area contributed by atoms with Crippen LogP contribution in [0.25, 0.3) is 0 Å². The zero-order chi connectivity index (χ0) is 9.90. The van der Waals surface area contributed by atoms with Gasteiger partial charge in [-0.15, -0.1) is 0 Å². The van der Waals surface area contributed by atoms with Gasteiger partial charge in [0.05, 0.1) is 6.10 Å². The van der Waals surface area contributed by atoms with Gasteiger partial charge in [-0.1, -0.05) is 0 Å². The van der Waals surface area contributed by atoms with E-state index in [-0.39, 0.29) is 6.10 Å². The highest BCUT2D eigenvalue weighted by Gasteiger charge is 2.44. The van der Waals surface area contributed by atoms with Crippen molar-refractivity contribution >= 4 is 5.97 Å². The Hall–Kier alpha value is -0.610. The van der Waals surface area contributed by atoms with E-state index in [1.165, 1.54) is 0 Å². The van der Waals surface area contributed by atoms with Crippen molar-refractivity contribution in [2.24, 2.45) is 0 Å². The van der Waals surface area contributed by atoms with E-state index in [4.69, 9.17) is 9.84 Å². The van der Waals surface area contributed by atoms with E-state index in [9.17, 15) is 4.79 Å². The first-order chi connectivity index (χ1) is 6.14. The summed E-state index contributed by atoms with van der Waals surface area (Å²) in [5.41, 5.74) is -0.750. The first-order valence-electron chi connectivity index (χ1n) is 4.68. The minimum absolute atomic E-state index is 0.105. The summed E-state index contributed by atoms with van der Waals surface area (Å²) in [6.45, 7) is 2.59. The monoisotopic (exact) mass is 187 g/mol. The average molecular weight is 187 g/mol. The Morgan fingerprint density at radius 1 is 1.77 bits per heavy atom. The first kappa shape index (κ1) is 10.5. The van der Waals surface area contributed by atoms with Gasteiger partial charge in [-0.2, -0.15) is 0 Å². The minimum Gasteiger partial charge on any atom is -0.480 e. The topological polar surface area (TPSA) is 58.6 Å². The fourth-order valence-corrected chi connectivity index (χ4v) is 1.91. The Labute approximate surface area is 78.3 Å². The van der Waals surface area contributed by atoms with Gasteiger partial charge in [-0.3, -0.25) is 4.79 Å². The summed E-state index contributed by atoms with van der Waals surface area (Å²) in [4.78, 5) is 11.0. The molecule has 1 rings (SSSR count). The number of carboxylic acids is 1. The minimum atomic E-state index is -0.766. The Morgan fingerprint density at radius 2 is 2.46 bits per heavy atom. The van der Waals surface area contributed by atoms with Crippen molar-refractivity contribution in [3.8, 4) is 0 Å². The summed E-state index contributed by atoms with van der Waals surface area (Å²) < 4.78 is 5.41. The van der Waals surface area contributed by atoms with Gasteiger partial charge >= 0.3 is 5.97 Å². The molecule has 0 bridgehead atoms. The average Bonchev–Trinajstić information content (AvgIpc) is 2.50. The lowest BCUT2D eigenvalue weighted by Gasteiger charge is -2.23. The number of aliphatic carboxylic acids is 1. The van der Waals surface area contributed by atoms with Crippen LogP contribution in [-0.2, 0) is 9.53 Å². The molecule has 0 aromatic carbocycles. The fraction of sp³-hybridized carbons (Fsp3) is 0.889. The maximum Gasteiger partial charge on any atom is 0.323 e. The molecule has 2 N–H and O–H groups in total.